The van der Waals surface area contributed by atoms with Crippen molar-refractivity contribution in [2.75, 3.05) is 42.6 Å². The number of nitrogens with two attached hydrogens (primary N) is 1. The van der Waals surface area contributed by atoms with Crippen LogP contribution in [0.1, 0.15) is 43.3 Å². The Hall–Kier alpha value is -3.14. The highest BCUT2D eigenvalue weighted by molar-refractivity contribution is 5.90. The number of likely N-dealkylation sites (N-methyl/N-ethyl adjacent to an activating group) is 1. The van der Waals surface area contributed by atoms with Crippen molar-refractivity contribution in [3.8, 4) is 0 Å². The highest BCUT2D eigenvalue weighted by Crippen LogP contribution is 2.33. The van der Waals surface area contributed by atoms with E-state index in [4.69, 9.17) is 5.73 Å². The second kappa shape index (κ2) is 9.01. The third-order valence-corrected chi connectivity index (χ3v) is 6.01. The number of piperazine rings is 1. The average Bonchev–Trinajstić information content (AvgIpc) is 2.74. The number of benzene rings is 1. The van der Waals surface area contributed by atoms with Crippen molar-refractivity contribution >= 4 is 28.2 Å². The van der Waals surface area contributed by atoms with E-state index in [0.29, 0.717) is 17.2 Å². The maximum absolute atomic E-state index is 14.8. The molecule has 0 bridgehead atoms. The van der Waals surface area contributed by atoms with Crippen molar-refractivity contribution in [3.05, 3.63) is 47.2 Å². The Morgan fingerprint density at radius 1 is 1.15 bits per heavy atom. The Labute approximate surface area is 190 Å². The van der Waals surface area contributed by atoms with Gasteiger partial charge in [0.15, 0.2) is 0 Å². The Morgan fingerprint density at radius 2 is 1.88 bits per heavy atom. The summed E-state index contributed by atoms with van der Waals surface area (Å²) < 4.78 is 41.3. The Balaban J connectivity index is 1.72. The van der Waals surface area contributed by atoms with E-state index in [9.17, 15) is 13.2 Å². The lowest BCUT2D eigenvalue weighted by atomic mass is 10.0. The average molecular weight is 460 g/mol. The fraction of sp³-hybridized carbons (Fsp3) is 0.435. The van der Waals surface area contributed by atoms with Crippen molar-refractivity contribution in [2.24, 2.45) is 0 Å². The first-order chi connectivity index (χ1) is 15.6. The number of fused-ring (bicyclic) bond motifs is 1. The molecule has 2 atom stereocenters. The van der Waals surface area contributed by atoms with Gasteiger partial charge in [-0.15, -0.1) is 0 Å². The lowest BCUT2D eigenvalue weighted by Crippen LogP contribution is -2.50. The van der Waals surface area contributed by atoms with Crippen molar-refractivity contribution in [1.82, 2.24) is 19.9 Å². The van der Waals surface area contributed by atoms with Crippen LogP contribution in [-0.2, 0) is 0 Å². The molecule has 2 aromatic heterocycles. The van der Waals surface area contributed by atoms with Gasteiger partial charge < -0.3 is 20.9 Å². The molecule has 1 saturated heterocycles. The number of alkyl halides is 2. The summed E-state index contributed by atoms with van der Waals surface area (Å²) >= 11 is 0. The number of nitrogen functional groups attached to an aromatic ring is 1. The van der Waals surface area contributed by atoms with Gasteiger partial charge in [-0.25, -0.2) is 28.1 Å². The number of anilines is 3. The van der Waals surface area contributed by atoms with Gasteiger partial charge in [0.1, 0.15) is 23.3 Å². The van der Waals surface area contributed by atoms with E-state index in [-0.39, 0.29) is 17.3 Å². The fourth-order valence-electron chi connectivity index (χ4n) is 4.34. The van der Waals surface area contributed by atoms with Gasteiger partial charge in [0.25, 0.3) is 6.43 Å². The molecule has 1 aliphatic rings. The molecule has 7 nitrogen and oxygen atoms in total. The number of nitrogens with one attached hydrogen (secondary N) is 1. The van der Waals surface area contributed by atoms with Crippen molar-refractivity contribution in [3.63, 3.8) is 0 Å². The standard InChI is InChI=1S/C23H28F3N7/c1-12-11-32(4)5-6-33(12)20-9-17-19(10-28-20)30-14(3)31-23(17)29-13(2)16-7-15(27)8-18(21(16)24)22(25)26/h7-10,12-13,22H,5-6,11,27H2,1-4H3,(H,29,30,31)/t12-,13+/m0/s1. The summed E-state index contributed by atoms with van der Waals surface area (Å²) in [4.78, 5) is 18.1. The van der Waals surface area contributed by atoms with Crippen LogP contribution in [0.5, 0.6) is 0 Å². The van der Waals surface area contributed by atoms with E-state index in [1.807, 2.05) is 6.07 Å². The van der Waals surface area contributed by atoms with Crippen LogP contribution in [0.3, 0.4) is 0 Å². The van der Waals surface area contributed by atoms with Crippen molar-refractivity contribution in [1.29, 1.82) is 0 Å². The van der Waals surface area contributed by atoms with Crippen LogP contribution in [0.4, 0.5) is 30.5 Å². The molecule has 176 valence electrons. The lowest BCUT2D eigenvalue weighted by molar-refractivity contribution is 0.146. The predicted molar refractivity (Wildman–Crippen MR) is 124 cm³/mol. The molecule has 3 N–H and O–H groups in total. The first-order valence-corrected chi connectivity index (χ1v) is 10.9. The molecule has 0 spiro atoms. The number of nitrogens with zero attached hydrogens (tertiary/aromatic N) is 5. The smallest absolute Gasteiger partial charge is 0.266 e. The highest BCUT2D eigenvalue weighted by atomic mass is 19.3. The Kier molecular flexibility index (Phi) is 6.29. The second-order valence-corrected chi connectivity index (χ2v) is 8.66. The van der Waals surface area contributed by atoms with E-state index in [1.165, 1.54) is 6.07 Å². The lowest BCUT2D eigenvalue weighted by Gasteiger charge is -2.39. The zero-order valence-corrected chi connectivity index (χ0v) is 19.1. The molecule has 1 fully saturated rings. The topological polar surface area (TPSA) is 83.2 Å². The van der Waals surface area contributed by atoms with Crippen LogP contribution in [0.2, 0.25) is 0 Å². The van der Waals surface area contributed by atoms with Gasteiger partial charge in [0.2, 0.25) is 0 Å². The number of aryl methyl sites for hydroxylation is 1. The molecule has 0 aliphatic carbocycles. The first kappa shape index (κ1) is 23.0. The minimum Gasteiger partial charge on any atom is -0.399 e. The number of aromatic nitrogens is 3. The molecular formula is C23H28F3N7. The summed E-state index contributed by atoms with van der Waals surface area (Å²) in [5, 5.41) is 3.90. The Morgan fingerprint density at radius 3 is 2.58 bits per heavy atom. The number of halogens is 3. The molecular weight excluding hydrogens is 431 g/mol. The molecule has 3 heterocycles. The summed E-state index contributed by atoms with van der Waals surface area (Å²) in [5.41, 5.74) is 5.83. The number of pyridine rings is 1. The van der Waals surface area contributed by atoms with E-state index in [2.05, 4.69) is 44.0 Å². The minimum absolute atomic E-state index is 0.0525. The van der Waals surface area contributed by atoms with Crippen LogP contribution in [-0.4, -0.2) is 52.6 Å². The summed E-state index contributed by atoms with van der Waals surface area (Å²) in [6.07, 6.45) is -1.25. The number of hydrogen-bond acceptors (Lipinski definition) is 7. The zero-order valence-electron chi connectivity index (χ0n) is 19.1. The zero-order chi connectivity index (χ0) is 23.9. The molecule has 1 aliphatic heterocycles. The summed E-state index contributed by atoms with van der Waals surface area (Å²) in [6, 6.07) is 3.88. The third-order valence-electron chi connectivity index (χ3n) is 6.01. The summed E-state index contributed by atoms with van der Waals surface area (Å²) in [6.45, 7) is 8.28. The van der Waals surface area contributed by atoms with Crippen LogP contribution < -0.4 is 16.0 Å². The van der Waals surface area contributed by atoms with Crippen LogP contribution in [0.15, 0.2) is 24.4 Å². The normalized spacial score (nSPS) is 18.2. The number of rotatable bonds is 5. The van der Waals surface area contributed by atoms with Gasteiger partial charge in [0.05, 0.1) is 23.3 Å². The largest absolute Gasteiger partial charge is 0.399 e. The quantitative estimate of drug-likeness (QED) is 0.550. The van der Waals surface area contributed by atoms with Crippen LogP contribution in [0.25, 0.3) is 10.9 Å². The number of hydrogen-bond donors (Lipinski definition) is 2. The fourth-order valence-corrected chi connectivity index (χ4v) is 4.34. The summed E-state index contributed by atoms with van der Waals surface area (Å²) in [7, 11) is 2.09. The van der Waals surface area contributed by atoms with Crippen LogP contribution in [0, 0.1) is 12.7 Å². The molecule has 0 unspecified atom stereocenters. The van der Waals surface area contributed by atoms with Crippen molar-refractivity contribution < 1.29 is 13.2 Å². The van der Waals surface area contributed by atoms with Crippen molar-refractivity contribution in [2.45, 2.75) is 39.3 Å². The predicted octanol–water partition coefficient (Wildman–Crippen LogP) is 4.31. The maximum atomic E-state index is 14.8. The highest BCUT2D eigenvalue weighted by Gasteiger charge is 2.24. The third kappa shape index (κ3) is 4.66. The first-order valence-electron chi connectivity index (χ1n) is 10.9. The molecule has 10 heteroatoms. The van der Waals surface area contributed by atoms with Gasteiger partial charge >= 0.3 is 0 Å². The molecule has 4 rings (SSSR count). The van der Waals surface area contributed by atoms with Gasteiger partial charge in [-0.2, -0.15) is 0 Å². The van der Waals surface area contributed by atoms with Gasteiger partial charge in [-0.3, -0.25) is 0 Å². The molecule has 3 aromatic rings. The van der Waals surface area contributed by atoms with Crippen LogP contribution >= 0.6 is 0 Å². The molecule has 0 saturated carbocycles. The molecule has 0 amide bonds. The molecule has 0 radical (unpaired) electrons. The molecule has 33 heavy (non-hydrogen) atoms. The van der Waals surface area contributed by atoms with E-state index in [0.717, 1.165) is 36.9 Å². The van der Waals surface area contributed by atoms with Gasteiger partial charge in [-0.05, 0) is 46.0 Å². The Bertz CT molecular complexity index is 1170. The van der Waals surface area contributed by atoms with E-state index < -0.39 is 23.8 Å². The SMILES string of the molecule is Cc1nc(N[C@H](C)c2cc(N)cc(C(F)F)c2F)c2cc(N3CCN(C)C[C@@H]3C)ncc2n1. The van der Waals surface area contributed by atoms with E-state index >= 15 is 0 Å². The second-order valence-electron chi connectivity index (χ2n) is 8.66. The van der Waals surface area contributed by atoms with Gasteiger partial charge in [0, 0.05) is 42.3 Å². The summed E-state index contributed by atoms with van der Waals surface area (Å²) in [5.74, 6) is 0.834. The van der Waals surface area contributed by atoms with E-state index in [1.54, 1.807) is 20.0 Å². The van der Waals surface area contributed by atoms with Gasteiger partial charge in [-0.1, -0.05) is 0 Å². The molecule has 1 aromatic carbocycles. The maximum Gasteiger partial charge on any atom is 0.266 e. The minimum atomic E-state index is -2.96. The monoisotopic (exact) mass is 459 g/mol.